The van der Waals surface area contributed by atoms with Crippen LogP contribution >= 0.6 is 0 Å². The highest BCUT2D eigenvalue weighted by molar-refractivity contribution is 6.01. The Labute approximate surface area is 183 Å². The molecule has 0 saturated carbocycles. The van der Waals surface area contributed by atoms with Gasteiger partial charge < -0.3 is 19.7 Å². The topological polar surface area (TPSA) is 67.9 Å². The first kappa shape index (κ1) is 21.5. The SMILES string of the molecule is CN1C(=O)Cc2cc(C3(CCNC(=O)c4ccc(C(C)(C)C)cc4)OCCO3)ccc21. The Morgan fingerprint density at radius 1 is 1.10 bits per heavy atom. The van der Waals surface area contributed by atoms with E-state index in [-0.39, 0.29) is 17.2 Å². The molecule has 2 amide bonds. The molecule has 2 aromatic rings. The van der Waals surface area contributed by atoms with E-state index in [0.29, 0.717) is 38.2 Å². The molecule has 6 heteroatoms. The molecule has 0 radical (unpaired) electrons. The summed E-state index contributed by atoms with van der Waals surface area (Å²) < 4.78 is 12.0. The van der Waals surface area contributed by atoms with E-state index in [9.17, 15) is 9.59 Å². The minimum absolute atomic E-state index is 0.0494. The number of anilines is 1. The highest BCUT2D eigenvalue weighted by Crippen LogP contribution is 2.38. The second-order valence-electron chi connectivity index (χ2n) is 9.26. The molecular weight excluding hydrogens is 392 g/mol. The number of rotatable bonds is 5. The van der Waals surface area contributed by atoms with Crippen LogP contribution in [-0.2, 0) is 31.9 Å². The van der Waals surface area contributed by atoms with Gasteiger partial charge in [0.15, 0.2) is 5.79 Å². The van der Waals surface area contributed by atoms with Crippen LogP contribution in [0.4, 0.5) is 5.69 Å². The number of benzene rings is 2. The smallest absolute Gasteiger partial charge is 0.251 e. The molecular formula is C25H30N2O4. The summed E-state index contributed by atoms with van der Waals surface area (Å²) in [6.45, 7) is 7.86. The number of amides is 2. The van der Waals surface area contributed by atoms with E-state index in [2.05, 4.69) is 26.1 Å². The monoisotopic (exact) mass is 422 g/mol. The summed E-state index contributed by atoms with van der Waals surface area (Å²) in [5.41, 5.74) is 4.66. The van der Waals surface area contributed by atoms with Gasteiger partial charge in [-0.15, -0.1) is 0 Å². The Balaban J connectivity index is 1.43. The standard InChI is InChI=1S/C25H30N2O4/c1-24(2,3)19-7-5-17(6-8-19)23(29)26-12-11-25(30-13-14-31-25)20-9-10-21-18(15-20)16-22(28)27(21)4/h5-10,15H,11-14,16H2,1-4H3,(H,26,29). The number of likely N-dealkylation sites (N-methyl/N-ethyl adjacent to an activating group) is 1. The summed E-state index contributed by atoms with van der Waals surface area (Å²) in [5.74, 6) is -0.934. The van der Waals surface area contributed by atoms with Gasteiger partial charge in [-0.05, 0) is 40.8 Å². The Bertz CT molecular complexity index is 986. The minimum Gasteiger partial charge on any atom is -0.352 e. The van der Waals surface area contributed by atoms with Crippen LogP contribution in [0, 0.1) is 0 Å². The van der Waals surface area contributed by atoms with Crippen LogP contribution in [0.15, 0.2) is 42.5 Å². The van der Waals surface area contributed by atoms with Crippen LogP contribution in [0.2, 0.25) is 0 Å². The van der Waals surface area contributed by atoms with E-state index in [0.717, 1.165) is 16.8 Å². The molecule has 0 bridgehead atoms. The van der Waals surface area contributed by atoms with Crippen molar-refractivity contribution in [3.63, 3.8) is 0 Å². The fraction of sp³-hybridized carbons (Fsp3) is 0.440. The average molecular weight is 423 g/mol. The summed E-state index contributed by atoms with van der Waals surface area (Å²) in [5, 5.41) is 2.98. The first-order valence-electron chi connectivity index (χ1n) is 10.8. The maximum atomic E-state index is 12.6. The van der Waals surface area contributed by atoms with Crippen molar-refractivity contribution in [2.24, 2.45) is 0 Å². The lowest BCUT2D eigenvalue weighted by molar-refractivity contribution is -0.169. The van der Waals surface area contributed by atoms with Gasteiger partial charge in [-0.2, -0.15) is 0 Å². The number of ether oxygens (including phenoxy) is 2. The molecule has 1 saturated heterocycles. The zero-order chi connectivity index (χ0) is 22.2. The molecule has 0 unspecified atom stereocenters. The van der Waals surface area contributed by atoms with Crippen molar-refractivity contribution in [1.29, 1.82) is 0 Å². The predicted octanol–water partition coefficient (Wildman–Crippen LogP) is 3.52. The summed E-state index contributed by atoms with van der Waals surface area (Å²) in [6, 6.07) is 13.6. The van der Waals surface area contributed by atoms with Gasteiger partial charge in [0.2, 0.25) is 5.91 Å². The predicted molar refractivity (Wildman–Crippen MR) is 119 cm³/mol. The summed E-state index contributed by atoms with van der Waals surface area (Å²) in [4.78, 5) is 26.3. The lowest BCUT2D eigenvalue weighted by Gasteiger charge is -2.28. The van der Waals surface area contributed by atoms with E-state index in [1.165, 1.54) is 5.56 Å². The van der Waals surface area contributed by atoms with Crippen molar-refractivity contribution < 1.29 is 19.1 Å². The second kappa shape index (κ2) is 8.09. The molecule has 2 aliphatic rings. The lowest BCUT2D eigenvalue weighted by Crippen LogP contribution is -2.34. The van der Waals surface area contributed by atoms with E-state index >= 15 is 0 Å². The van der Waals surface area contributed by atoms with Gasteiger partial charge >= 0.3 is 0 Å². The van der Waals surface area contributed by atoms with Crippen LogP contribution < -0.4 is 10.2 Å². The normalized spacial score (nSPS) is 17.7. The molecule has 164 valence electrons. The Morgan fingerprint density at radius 2 is 1.77 bits per heavy atom. The molecule has 0 aromatic heterocycles. The van der Waals surface area contributed by atoms with Gasteiger partial charge in [0.1, 0.15) is 0 Å². The van der Waals surface area contributed by atoms with Gasteiger partial charge in [-0.25, -0.2) is 0 Å². The summed E-state index contributed by atoms with van der Waals surface area (Å²) in [7, 11) is 1.79. The number of carbonyl (C=O) groups is 2. The molecule has 2 aromatic carbocycles. The van der Waals surface area contributed by atoms with Gasteiger partial charge in [-0.3, -0.25) is 9.59 Å². The third-order valence-electron chi connectivity index (χ3n) is 6.10. The number of carbonyl (C=O) groups excluding carboxylic acids is 2. The zero-order valence-electron chi connectivity index (χ0n) is 18.7. The van der Waals surface area contributed by atoms with Gasteiger partial charge in [0.05, 0.1) is 19.6 Å². The number of hydrogen-bond acceptors (Lipinski definition) is 4. The highest BCUT2D eigenvalue weighted by Gasteiger charge is 2.39. The molecule has 1 N–H and O–H groups in total. The number of nitrogens with zero attached hydrogens (tertiary/aromatic N) is 1. The maximum Gasteiger partial charge on any atom is 0.251 e. The molecule has 1 fully saturated rings. The number of nitrogens with one attached hydrogen (secondary N) is 1. The van der Waals surface area contributed by atoms with E-state index in [1.807, 2.05) is 42.5 Å². The average Bonchev–Trinajstić information content (AvgIpc) is 3.33. The first-order valence-corrected chi connectivity index (χ1v) is 10.8. The van der Waals surface area contributed by atoms with E-state index < -0.39 is 5.79 Å². The van der Waals surface area contributed by atoms with Gasteiger partial charge in [0, 0.05) is 36.8 Å². The number of fused-ring (bicyclic) bond motifs is 1. The summed E-state index contributed by atoms with van der Waals surface area (Å²) >= 11 is 0. The molecule has 4 rings (SSSR count). The van der Waals surface area contributed by atoms with Crippen LogP contribution in [0.1, 0.15) is 54.2 Å². The maximum absolute atomic E-state index is 12.6. The second-order valence-corrected chi connectivity index (χ2v) is 9.26. The minimum atomic E-state index is -0.900. The Morgan fingerprint density at radius 3 is 2.42 bits per heavy atom. The van der Waals surface area contributed by atoms with Crippen molar-refractivity contribution in [3.8, 4) is 0 Å². The molecule has 0 atom stereocenters. The third kappa shape index (κ3) is 4.23. The quantitative estimate of drug-likeness (QED) is 0.801. The highest BCUT2D eigenvalue weighted by atomic mass is 16.7. The van der Waals surface area contributed by atoms with Crippen LogP contribution in [0.3, 0.4) is 0 Å². The fourth-order valence-electron chi connectivity index (χ4n) is 4.18. The number of hydrogen-bond donors (Lipinski definition) is 1. The molecule has 6 nitrogen and oxygen atoms in total. The van der Waals surface area contributed by atoms with Gasteiger partial charge in [-0.1, -0.05) is 39.0 Å². The van der Waals surface area contributed by atoms with Crippen molar-refractivity contribution in [1.82, 2.24) is 5.32 Å². The fourth-order valence-corrected chi connectivity index (χ4v) is 4.18. The van der Waals surface area contributed by atoms with Gasteiger partial charge in [0.25, 0.3) is 5.91 Å². The van der Waals surface area contributed by atoms with Crippen LogP contribution in [-0.4, -0.2) is 38.6 Å². The van der Waals surface area contributed by atoms with Crippen LogP contribution in [0.5, 0.6) is 0 Å². The molecule has 31 heavy (non-hydrogen) atoms. The third-order valence-corrected chi connectivity index (χ3v) is 6.10. The molecule has 2 heterocycles. The molecule has 2 aliphatic heterocycles. The zero-order valence-corrected chi connectivity index (χ0v) is 18.7. The summed E-state index contributed by atoms with van der Waals surface area (Å²) in [6.07, 6.45) is 0.873. The Hall–Kier alpha value is -2.70. The van der Waals surface area contributed by atoms with E-state index in [1.54, 1.807) is 11.9 Å². The van der Waals surface area contributed by atoms with Crippen molar-refractivity contribution in [2.45, 2.75) is 44.8 Å². The largest absolute Gasteiger partial charge is 0.352 e. The molecule has 0 spiro atoms. The molecule has 0 aliphatic carbocycles. The van der Waals surface area contributed by atoms with E-state index in [4.69, 9.17) is 9.47 Å². The van der Waals surface area contributed by atoms with Crippen molar-refractivity contribution in [3.05, 3.63) is 64.7 Å². The van der Waals surface area contributed by atoms with Crippen LogP contribution in [0.25, 0.3) is 0 Å². The lowest BCUT2D eigenvalue weighted by atomic mass is 9.87. The first-order chi connectivity index (χ1) is 14.7. The van der Waals surface area contributed by atoms with Crippen molar-refractivity contribution in [2.75, 3.05) is 31.7 Å². The Kier molecular flexibility index (Phi) is 5.62. The van der Waals surface area contributed by atoms with Crippen molar-refractivity contribution >= 4 is 17.5 Å².